The van der Waals surface area contributed by atoms with E-state index >= 15 is 0 Å². The molecular formula is C24H20BrNO7. The lowest BCUT2D eigenvalue weighted by Gasteiger charge is -2.27. The fourth-order valence-corrected chi connectivity index (χ4v) is 4.52. The second-order valence-electron chi connectivity index (χ2n) is 7.68. The van der Waals surface area contributed by atoms with Gasteiger partial charge in [-0.25, -0.2) is 0 Å². The molecule has 1 unspecified atom stereocenters. The molecule has 0 aliphatic carbocycles. The number of furan rings is 1. The van der Waals surface area contributed by atoms with E-state index in [2.05, 4.69) is 15.9 Å². The molecule has 170 valence electrons. The summed E-state index contributed by atoms with van der Waals surface area (Å²) in [5, 5.41) is 11.5. The van der Waals surface area contributed by atoms with Crippen LogP contribution in [0.25, 0.3) is 11.0 Å². The van der Waals surface area contributed by atoms with Gasteiger partial charge in [0.25, 0.3) is 5.91 Å². The summed E-state index contributed by atoms with van der Waals surface area (Å²) < 4.78 is 23.0. The first kappa shape index (κ1) is 21.5. The van der Waals surface area contributed by atoms with Crippen LogP contribution in [0.15, 0.2) is 62.7 Å². The second kappa shape index (κ2) is 8.57. The third-order valence-electron chi connectivity index (χ3n) is 5.67. The van der Waals surface area contributed by atoms with Crippen molar-refractivity contribution >= 4 is 38.6 Å². The van der Waals surface area contributed by atoms with E-state index in [1.54, 1.807) is 36.4 Å². The van der Waals surface area contributed by atoms with Crippen LogP contribution in [0, 0.1) is 0 Å². The third-order valence-corrected chi connectivity index (χ3v) is 6.16. The van der Waals surface area contributed by atoms with Crippen molar-refractivity contribution in [1.29, 1.82) is 0 Å². The second-order valence-corrected chi connectivity index (χ2v) is 8.60. The predicted octanol–water partition coefficient (Wildman–Crippen LogP) is 4.19. The van der Waals surface area contributed by atoms with E-state index in [1.165, 1.54) is 12.0 Å². The Kier molecular flexibility index (Phi) is 5.59. The lowest BCUT2D eigenvalue weighted by molar-refractivity contribution is -0.130. The molecule has 1 aromatic heterocycles. The van der Waals surface area contributed by atoms with Gasteiger partial charge in [0.15, 0.2) is 23.0 Å². The molecule has 3 heterocycles. The highest BCUT2D eigenvalue weighted by Gasteiger charge is 2.44. The zero-order valence-corrected chi connectivity index (χ0v) is 19.3. The van der Waals surface area contributed by atoms with E-state index in [1.807, 2.05) is 6.07 Å². The van der Waals surface area contributed by atoms with Gasteiger partial charge in [-0.15, -0.1) is 0 Å². The van der Waals surface area contributed by atoms with Crippen LogP contribution in [0.5, 0.6) is 11.5 Å². The smallest absolute Gasteiger partial charge is 0.290 e. The number of aliphatic hydroxyl groups excluding tert-OH is 1. The van der Waals surface area contributed by atoms with Gasteiger partial charge < -0.3 is 28.6 Å². The Labute approximate surface area is 197 Å². The number of benzene rings is 2. The number of amides is 1. The molecular weight excluding hydrogens is 494 g/mol. The van der Waals surface area contributed by atoms with Gasteiger partial charge in [-0.05, 0) is 42.0 Å². The Morgan fingerprint density at radius 1 is 1.15 bits per heavy atom. The summed E-state index contributed by atoms with van der Waals surface area (Å²) in [4.78, 5) is 27.9. The van der Waals surface area contributed by atoms with Crippen molar-refractivity contribution in [2.45, 2.75) is 6.04 Å². The predicted molar refractivity (Wildman–Crippen MR) is 122 cm³/mol. The fourth-order valence-electron chi connectivity index (χ4n) is 4.14. The molecule has 1 atom stereocenters. The molecule has 33 heavy (non-hydrogen) atoms. The van der Waals surface area contributed by atoms with Crippen LogP contribution in [-0.2, 0) is 9.53 Å². The van der Waals surface area contributed by atoms with Crippen LogP contribution in [-0.4, -0.2) is 55.2 Å². The number of Topliss-reactive ketones (excluding diaryl/α,β-unsaturated/α-hetero) is 1. The van der Waals surface area contributed by atoms with E-state index in [-0.39, 0.29) is 24.5 Å². The van der Waals surface area contributed by atoms with Crippen molar-refractivity contribution in [1.82, 2.24) is 4.90 Å². The Bertz CT molecular complexity index is 1300. The maximum Gasteiger partial charge on any atom is 0.290 e. The first-order valence-electron chi connectivity index (χ1n) is 10.3. The number of aliphatic hydroxyl groups is 1. The molecule has 5 rings (SSSR count). The SMILES string of the molecule is COCCN1C(=O)C(O)=C(C(=O)c2cc3cc(Br)ccc3o2)C1c1ccc2c(c1)OCCO2. The monoisotopic (exact) mass is 513 g/mol. The van der Waals surface area contributed by atoms with Crippen molar-refractivity contribution in [3.63, 3.8) is 0 Å². The molecule has 0 spiro atoms. The van der Waals surface area contributed by atoms with Crippen LogP contribution in [0.2, 0.25) is 0 Å². The Morgan fingerprint density at radius 3 is 2.73 bits per heavy atom. The normalized spacial score (nSPS) is 17.8. The summed E-state index contributed by atoms with van der Waals surface area (Å²) in [5.41, 5.74) is 1.08. The molecule has 1 N–H and O–H groups in total. The minimum atomic E-state index is -0.837. The minimum absolute atomic E-state index is 0.0357. The van der Waals surface area contributed by atoms with Gasteiger partial charge in [-0.1, -0.05) is 22.0 Å². The molecule has 0 bridgehead atoms. The average Bonchev–Trinajstić information content (AvgIpc) is 3.35. The zero-order valence-electron chi connectivity index (χ0n) is 17.7. The summed E-state index contributed by atoms with van der Waals surface area (Å²) in [6, 6.07) is 11.4. The number of hydrogen-bond acceptors (Lipinski definition) is 7. The van der Waals surface area contributed by atoms with Crippen molar-refractivity contribution < 1.29 is 33.3 Å². The first-order valence-corrected chi connectivity index (χ1v) is 11.1. The third kappa shape index (κ3) is 3.77. The number of ketones is 1. The number of carbonyl (C=O) groups is 2. The highest BCUT2D eigenvalue weighted by Crippen LogP contribution is 2.42. The van der Waals surface area contributed by atoms with Gasteiger partial charge in [0, 0.05) is 23.5 Å². The summed E-state index contributed by atoms with van der Waals surface area (Å²) >= 11 is 3.40. The van der Waals surface area contributed by atoms with Gasteiger partial charge in [0.2, 0.25) is 5.78 Å². The number of fused-ring (bicyclic) bond motifs is 2. The summed E-state index contributed by atoms with van der Waals surface area (Å²) in [6.45, 7) is 1.26. The van der Waals surface area contributed by atoms with Crippen molar-refractivity contribution in [2.24, 2.45) is 0 Å². The maximum absolute atomic E-state index is 13.6. The van der Waals surface area contributed by atoms with Gasteiger partial charge in [-0.3, -0.25) is 9.59 Å². The molecule has 2 aliphatic rings. The van der Waals surface area contributed by atoms with Crippen LogP contribution in [0.4, 0.5) is 0 Å². The summed E-state index contributed by atoms with van der Waals surface area (Å²) in [7, 11) is 1.52. The fraction of sp³-hybridized carbons (Fsp3) is 0.250. The number of hydrogen-bond donors (Lipinski definition) is 1. The maximum atomic E-state index is 13.6. The number of nitrogens with zero attached hydrogens (tertiary/aromatic N) is 1. The largest absolute Gasteiger partial charge is 0.503 e. The molecule has 2 aromatic carbocycles. The van der Waals surface area contributed by atoms with Gasteiger partial charge >= 0.3 is 0 Å². The standard InChI is InChI=1S/C24H20BrNO7/c1-30-7-6-26-21(13-2-4-17-18(11-13)32-9-8-31-17)20(23(28)24(26)29)22(27)19-12-14-10-15(25)3-5-16(14)33-19/h2-5,10-12,21,28H,6-9H2,1H3. The van der Waals surface area contributed by atoms with Crippen molar-refractivity contribution in [3.05, 3.63) is 69.6 Å². The number of methoxy groups -OCH3 is 1. The topological polar surface area (TPSA) is 98.4 Å². The summed E-state index contributed by atoms with van der Waals surface area (Å²) in [6.07, 6.45) is 0. The van der Waals surface area contributed by atoms with Crippen molar-refractivity contribution in [3.8, 4) is 11.5 Å². The summed E-state index contributed by atoms with van der Waals surface area (Å²) in [5.74, 6) is -0.667. The molecule has 9 heteroatoms. The van der Waals surface area contributed by atoms with E-state index in [0.717, 1.165) is 9.86 Å². The molecule has 0 fully saturated rings. The Morgan fingerprint density at radius 2 is 1.94 bits per heavy atom. The average molecular weight is 514 g/mol. The molecule has 0 radical (unpaired) electrons. The highest BCUT2D eigenvalue weighted by atomic mass is 79.9. The Balaban J connectivity index is 1.59. The molecule has 0 saturated carbocycles. The number of carbonyl (C=O) groups excluding carboxylic acids is 2. The van der Waals surface area contributed by atoms with Crippen LogP contribution >= 0.6 is 15.9 Å². The zero-order chi connectivity index (χ0) is 23.1. The van der Waals surface area contributed by atoms with Gasteiger partial charge in [0.05, 0.1) is 18.2 Å². The molecule has 1 amide bonds. The quantitative estimate of drug-likeness (QED) is 0.493. The van der Waals surface area contributed by atoms with E-state index in [4.69, 9.17) is 18.6 Å². The minimum Gasteiger partial charge on any atom is -0.503 e. The first-order chi connectivity index (χ1) is 16.0. The van der Waals surface area contributed by atoms with E-state index in [0.29, 0.717) is 35.9 Å². The number of rotatable bonds is 6. The molecule has 0 saturated heterocycles. The van der Waals surface area contributed by atoms with E-state index in [9.17, 15) is 14.7 Å². The van der Waals surface area contributed by atoms with Crippen LogP contribution in [0.1, 0.15) is 22.2 Å². The lowest BCUT2D eigenvalue weighted by atomic mass is 9.94. The number of ether oxygens (including phenoxy) is 3. The lowest BCUT2D eigenvalue weighted by Crippen LogP contribution is -2.34. The highest BCUT2D eigenvalue weighted by molar-refractivity contribution is 9.10. The van der Waals surface area contributed by atoms with Crippen LogP contribution in [0.3, 0.4) is 0 Å². The van der Waals surface area contributed by atoms with Crippen LogP contribution < -0.4 is 9.47 Å². The molecule has 3 aromatic rings. The molecule has 8 nitrogen and oxygen atoms in total. The van der Waals surface area contributed by atoms with Gasteiger partial charge in [0.1, 0.15) is 18.8 Å². The Hall–Kier alpha value is -3.30. The molecule has 2 aliphatic heterocycles. The van der Waals surface area contributed by atoms with E-state index < -0.39 is 23.5 Å². The number of halogens is 1. The van der Waals surface area contributed by atoms with Crippen molar-refractivity contribution in [2.75, 3.05) is 33.5 Å². The van der Waals surface area contributed by atoms with Gasteiger partial charge in [-0.2, -0.15) is 0 Å².